The van der Waals surface area contributed by atoms with E-state index in [0.717, 1.165) is 17.9 Å². The molecule has 1 aliphatic rings. The van der Waals surface area contributed by atoms with Crippen molar-refractivity contribution in [2.24, 2.45) is 11.8 Å². The van der Waals surface area contributed by atoms with E-state index in [2.05, 4.69) is 33.0 Å². The van der Waals surface area contributed by atoms with Crippen molar-refractivity contribution < 1.29 is 0 Å². The highest BCUT2D eigenvalue weighted by molar-refractivity contribution is 4.83. The highest BCUT2D eigenvalue weighted by Crippen LogP contribution is 2.30. The van der Waals surface area contributed by atoms with Crippen molar-refractivity contribution in [3.05, 3.63) is 0 Å². The predicted molar refractivity (Wildman–Crippen MR) is 58.9 cm³/mol. The van der Waals surface area contributed by atoms with Gasteiger partial charge in [-0.3, -0.25) is 0 Å². The number of rotatable bonds is 3. The van der Waals surface area contributed by atoms with Crippen molar-refractivity contribution in [2.45, 2.75) is 65.5 Å². The third-order valence-corrected chi connectivity index (χ3v) is 3.33. The Balaban J connectivity index is 2.44. The molecule has 1 nitrogen and oxygen atoms in total. The summed E-state index contributed by atoms with van der Waals surface area (Å²) in [6, 6.07) is 1.43. The number of hydrogen-bond donors (Lipinski definition) is 1. The largest absolute Gasteiger partial charge is 0.311 e. The van der Waals surface area contributed by atoms with Crippen LogP contribution in [0.25, 0.3) is 0 Å². The first kappa shape index (κ1) is 11.0. The van der Waals surface area contributed by atoms with E-state index in [4.69, 9.17) is 0 Å². The maximum atomic E-state index is 3.71. The Morgan fingerprint density at radius 1 is 1.31 bits per heavy atom. The van der Waals surface area contributed by atoms with Crippen LogP contribution in [0.4, 0.5) is 0 Å². The monoisotopic (exact) mass is 183 g/mol. The van der Waals surface area contributed by atoms with E-state index < -0.39 is 0 Å². The number of nitrogens with one attached hydrogen (secondary N) is 1. The van der Waals surface area contributed by atoms with Gasteiger partial charge in [0.05, 0.1) is 0 Å². The molecule has 0 bridgehead atoms. The summed E-state index contributed by atoms with van der Waals surface area (Å²) in [6.07, 6.45) is 5.60. The van der Waals surface area contributed by atoms with Gasteiger partial charge >= 0.3 is 0 Å². The predicted octanol–water partition coefficient (Wildman–Crippen LogP) is 3.20. The second-order valence-electron chi connectivity index (χ2n) is 5.01. The van der Waals surface area contributed by atoms with Crippen LogP contribution in [0.3, 0.4) is 0 Å². The standard InChI is InChI=1S/C12H25N/c1-5-11-7-6-10(4)8-12(11)13-9(2)3/h9-13H,5-8H2,1-4H3. The first-order chi connectivity index (χ1) is 6.13. The van der Waals surface area contributed by atoms with Crippen molar-refractivity contribution in [3.63, 3.8) is 0 Å². The van der Waals surface area contributed by atoms with E-state index in [1.165, 1.54) is 25.7 Å². The van der Waals surface area contributed by atoms with Gasteiger partial charge < -0.3 is 5.32 Å². The molecule has 0 amide bonds. The summed E-state index contributed by atoms with van der Waals surface area (Å²) < 4.78 is 0. The fourth-order valence-corrected chi connectivity index (χ4v) is 2.56. The second-order valence-corrected chi connectivity index (χ2v) is 5.01. The summed E-state index contributed by atoms with van der Waals surface area (Å²) in [6.45, 7) is 9.23. The molecule has 3 atom stereocenters. The Labute approximate surface area is 83.3 Å². The summed E-state index contributed by atoms with van der Waals surface area (Å²) in [5.41, 5.74) is 0. The molecule has 0 radical (unpaired) electrons. The lowest BCUT2D eigenvalue weighted by molar-refractivity contribution is 0.200. The maximum absolute atomic E-state index is 3.71. The maximum Gasteiger partial charge on any atom is 0.0100 e. The van der Waals surface area contributed by atoms with Crippen molar-refractivity contribution in [1.82, 2.24) is 5.32 Å². The molecule has 13 heavy (non-hydrogen) atoms. The minimum absolute atomic E-state index is 0.643. The van der Waals surface area contributed by atoms with Crippen LogP contribution in [0.1, 0.15) is 53.4 Å². The van der Waals surface area contributed by atoms with Crippen LogP contribution in [0.5, 0.6) is 0 Å². The van der Waals surface area contributed by atoms with Crippen LogP contribution in [0.15, 0.2) is 0 Å². The molecule has 78 valence electrons. The van der Waals surface area contributed by atoms with Gasteiger partial charge in [-0.05, 0) is 24.7 Å². The van der Waals surface area contributed by atoms with Crippen molar-refractivity contribution >= 4 is 0 Å². The van der Waals surface area contributed by atoms with Crippen LogP contribution in [-0.2, 0) is 0 Å². The Bertz CT molecular complexity index is 140. The van der Waals surface area contributed by atoms with Crippen molar-refractivity contribution in [3.8, 4) is 0 Å². The molecule has 1 heteroatoms. The molecule has 0 aromatic heterocycles. The molecular formula is C12H25N. The van der Waals surface area contributed by atoms with Gasteiger partial charge in [0.2, 0.25) is 0 Å². The molecule has 1 fully saturated rings. The van der Waals surface area contributed by atoms with Crippen molar-refractivity contribution in [1.29, 1.82) is 0 Å². The molecule has 1 aliphatic carbocycles. The Morgan fingerprint density at radius 2 is 2.00 bits per heavy atom. The third-order valence-electron chi connectivity index (χ3n) is 3.33. The zero-order chi connectivity index (χ0) is 9.84. The number of hydrogen-bond acceptors (Lipinski definition) is 1. The van der Waals surface area contributed by atoms with Gasteiger partial charge in [0, 0.05) is 12.1 Å². The van der Waals surface area contributed by atoms with E-state index in [1.807, 2.05) is 0 Å². The molecular weight excluding hydrogens is 158 g/mol. The van der Waals surface area contributed by atoms with Crippen LogP contribution in [0, 0.1) is 11.8 Å². The molecule has 1 saturated carbocycles. The Morgan fingerprint density at radius 3 is 2.54 bits per heavy atom. The minimum atomic E-state index is 0.643. The van der Waals surface area contributed by atoms with Crippen LogP contribution >= 0.6 is 0 Å². The SMILES string of the molecule is CCC1CCC(C)CC1NC(C)C. The van der Waals surface area contributed by atoms with Crippen LogP contribution in [0.2, 0.25) is 0 Å². The fraction of sp³-hybridized carbons (Fsp3) is 1.00. The quantitative estimate of drug-likeness (QED) is 0.708. The first-order valence-electron chi connectivity index (χ1n) is 5.89. The summed E-state index contributed by atoms with van der Waals surface area (Å²) in [5.74, 6) is 1.86. The van der Waals surface area contributed by atoms with Gasteiger partial charge in [-0.25, -0.2) is 0 Å². The average Bonchev–Trinajstić information content (AvgIpc) is 2.03. The molecule has 1 rings (SSSR count). The third kappa shape index (κ3) is 3.30. The van der Waals surface area contributed by atoms with Gasteiger partial charge in [-0.1, -0.05) is 40.5 Å². The van der Waals surface area contributed by atoms with E-state index >= 15 is 0 Å². The van der Waals surface area contributed by atoms with Gasteiger partial charge in [0.25, 0.3) is 0 Å². The minimum Gasteiger partial charge on any atom is -0.311 e. The van der Waals surface area contributed by atoms with Crippen molar-refractivity contribution in [2.75, 3.05) is 0 Å². The lowest BCUT2D eigenvalue weighted by Crippen LogP contribution is -2.43. The molecule has 1 N–H and O–H groups in total. The Kier molecular flexibility index (Phi) is 4.24. The first-order valence-corrected chi connectivity index (χ1v) is 5.89. The normalized spacial score (nSPS) is 35.3. The molecule has 0 spiro atoms. The van der Waals surface area contributed by atoms with Gasteiger partial charge in [-0.2, -0.15) is 0 Å². The highest BCUT2D eigenvalue weighted by atomic mass is 14.9. The topological polar surface area (TPSA) is 12.0 Å². The van der Waals surface area contributed by atoms with Crippen LogP contribution in [-0.4, -0.2) is 12.1 Å². The zero-order valence-electron chi connectivity index (χ0n) is 9.64. The zero-order valence-corrected chi connectivity index (χ0v) is 9.64. The average molecular weight is 183 g/mol. The highest BCUT2D eigenvalue weighted by Gasteiger charge is 2.27. The van der Waals surface area contributed by atoms with E-state index in [9.17, 15) is 0 Å². The van der Waals surface area contributed by atoms with Gasteiger partial charge in [-0.15, -0.1) is 0 Å². The molecule has 0 heterocycles. The smallest absolute Gasteiger partial charge is 0.0100 e. The lowest BCUT2D eigenvalue weighted by atomic mass is 9.77. The van der Waals surface area contributed by atoms with Gasteiger partial charge in [0.15, 0.2) is 0 Å². The molecule has 0 aliphatic heterocycles. The van der Waals surface area contributed by atoms with Crippen LogP contribution < -0.4 is 5.32 Å². The summed E-state index contributed by atoms with van der Waals surface area (Å²) in [5, 5.41) is 3.71. The van der Waals surface area contributed by atoms with E-state index in [0.29, 0.717) is 6.04 Å². The summed E-state index contributed by atoms with van der Waals surface area (Å²) in [4.78, 5) is 0. The molecule has 0 saturated heterocycles. The summed E-state index contributed by atoms with van der Waals surface area (Å²) >= 11 is 0. The molecule has 0 aromatic carbocycles. The van der Waals surface area contributed by atoms with E-state index in [-0.39, 0.29) is 0 Å². The second kappa shape index (κ2) is 4.99. The van der Waals surface area contributed by atoms with Gasteiger partial charge in [0.1, 0.15) is 0 Å². The molecule has 3 unspecified atom stereocenters. The Hall–Kier alpha value is -0.0400. The fourth-order valence-electron chi connectivity index (χ4n) is 2.56. The summed E-state index contributed by atoms with van der Waals surface area (Å²) in [7, 11) is 0. The molecule has 0 aromatic rings. The lowest BCUT2D eigenvalue weighted by Gasteiger charge is -2.36. The van der Waals surface area contributed by atoms with E-state index in [1.54, 1.807) is 0 Å².